The maximum Gasteiger partial charge on any atom is 0 e. The molecule has 0 nitrogen and oxygen atoms in total. The van der Waals surface area contributed by atoms with Crippen molar-refractivity contribution in [2.45, 2.75) is 0 Å². The molecule has 0 saturated heterocycles. The zero-order chi connectivity index (χ0) is 2.00. The first-order valence-electron chi connectivity index (χ1n) is 0.167. The molecule has 0 unspecified atom stereocenters. The van der Waals surface area contributed by atoms with Crippen LogP contribution in [0.5, 0.6) is 0 Å². The zero-order valence-electron chi connectivity index (χ0n) is 2.33. The third kappa shape index (κ3) is 21.5. The fourth-order valence-corrected chi connectivity index (χ4v) is 0. The molecule has 0 aliphatic heterocycles. The van der Waals surface area contributed by atoms with Gasteiger partial charge in [0, 0.05) is 36.5 Å². The van der Waals surface area contributed by atoms with Crippen molar-refractivity contribution in [3.8, 4) is 0 Å². The average Bonchev–Trinajstić information content (AvgIpc) is 1.00. The van der Waals surface area contributed by atoms with E-state index in [4.69, 9.17) is 0 Å². The van der Waals surface area contributed by atoms with Crippen LogP contribution in [0, 0.1) is 0 Å². The summed E-state index contributed by atoms with van der Waals surface area (Å²) in [6.07, 6.45) is 0. The maximum absolute atomic E-state index is 3.96. The summed E-state index contributed by atoms with van der Waals surface area (Å²) >= 11 is 2.21. The quantitative estimate of drug-likeness (QED) is 0.534. The van der Waals surface area contributed by atoms with Crippen molar-refractivity contribution < 1.29 is 36.5 Å². The van der Waals surface area contributed by atoms with Gasteiger partial charge in [0.15, 0.2) is 0 Å². The second kappa shape index (κ2) is 32.4. The first-order chi connectivity index (χ1) is 1.00. The number of hydrogen-bond donors (Lipinski definition) is 0. The first-order valence-corrected chi connectivity index (χ1v) is 2.60. The third-order valence-electron chi connectivity index (χ3n) is 0. The van der Waals surface area contributed by atoms with E-state index in [2.05, 4.69) is 24.9 Å². The van der Waals surface area contributed by atoms with E-state index in [0.29, 0.717) is 0 Å². The predicted molar refractivity (Wildman–Crippen MR) is 21.9 cm³/mol. The summed E-state index contributed by atoms with van der Waals surface area (Å²) in [4.78, 5) is 0. The second-order valence-corrected chi connectivity index (χ2v) is 0. The van der Waals surface area contributed by atoms with Crippen molar-refractivity contribution in [2.75, 3.05) is 0 Å². The van der Waals surface area contributed by atoms with Crippen molar-refractivity contribution in [3.05, 3.63) is 0 Å². The van der Waals surface area contributed by atoms with Crippen LogP contribution >= 0.6 is 10.6 Å². The molecule has 0 amide bonds. The van der Waals surface area contributed by atoms with Crippen molar-refractivity contribution in [1.82, 2.24) is 0 Å². The number of hydrogen-bond acceptors (Lipinski definition) is 1. The summed E-state index contributed by atoms with van der Waals surface area (Å²) in [6.45, 7) is 0. The van der Waals surface area contributed by atoms with Crippen LogP contribution in [0.2, 0.25) is 0 Å². The van der Waals surface area contributed by atoms with E-state index in [9.17, 15) is 0 Å². The molecule has 0 aliphatic rings. The molecule has 0 N–H and O–H groups in total. The van der Waals surface area contributed by atoms with Gasteiger partial charge in [0.1, 0.15) is 0 Å². The molecule has 0 heterocycles. The van der Waals surface area contributed by atoms with Gasteiger partial charge >= 0.3 is 42.0 Å². The molecule has 1 radical (unpaired) electrons. The fraction of sp³-hybridized carbons (Fsp3) is 0. The second-order valence-electron chi connectivity index (χ2n) is 0. The van der Waals surface area contributed by atoms with Gasteiger partial charge < -0.3 is 0 Å². The van der Waals surface area contributed by atoms with Crippen LogP contribution in [0.1, 0.15) is 0 Å². The van der Waals surface area contributed by atoms with Gasteiger partial charge in [0.2, 0.25) is 0 Å². The standard InChI is InChI=1S/Cu.SSe.H2Se.Zn/c;1-2;;/h;;1H2;. The summed E-state index contributed by atoms with van der Waals surface area (Å²) in [5.41, 5.74) is 0. The first kappa shape index (κ1) is 26.2. The third-order valence-corrected chi connectivity index (χ3v) is 0. The van der Waals surface area contributed by atoms with Gasteiger partial charge in [-0.05, 0) is 0 Å². The Kier molecular flexibility index (Phi) is 170. The average molecular weight is 321 g/mol. The van der Waals surface area contributed by atoms with Crippen LogP contribution in [-0.4, -0.2) is 31.5 Å². The Morgan fingerprint density at radius 1 is 1.20 bits per heavy atom. The Morgan fingerprint density at radius 2 is 1.20 bits per heavy atom. The maximum atomic E-state index is 3.96. The molecule has 0 bridgehead atoms. The zero-order valence-corrected chi connectivity index (χ0v) is 10.9. The predicted octanol–water partition coefficient (Wildman–Crippen LogP) is -0.654. The fourth-order valence-electron chi connectivity index (χ4n) is 0. The van der Waals surface area contributed by atoms with E-state index >= 15 is 0 Å². The molecule has 0 spiro atoms. The Bertz CT molecular complexity index is 9.61. The molecule has 0 aromatic heterocycles. The summed E-state index contributed by atoms with van der Waals surface area (Å²) in [7, 11) is 3.96. The van der Waals surface area contributed by atoms with Crippen molar-refractivity contribution >= 4 is 42.0 Å². The van der Waals surface area contributed by atoms with Gasteiger partial charge in [0.05, 0.1) is 0 Å². The van der Waals surface area contributed by atoms with E-state index in [1.807, 2.05) is 0 Å². The minimum absolute atomic E-state index is 0. The van der Waals surface area contributed by atoms with E-state index in [1.165, 1.54) is 0 Å². The molecule has 33 valence electrons. The summed E-state index contributed by atoms with van der Waals surface area (Å²) in [5, 5.41) is 0. The molecule has 0 atom stereocenters. The van der Waals surface area contributed by atoms with Crippen molar-refractivity contribution in [3.63, 3.8) is 0 Å². The van der Waals surface area contributed by atoms with Crippen LogP contribution < -0.4 is 0 Å². The van der Waals surface area contributed by atoms with E-state index < -0.39 is 0 Å². The van der Waals surface area contributed by atoms with E-state index in [1.54, 1.807) is 0 Å². The van der Waals surface area contributed by atoms with Gasteiger partial charge in [-0.2, -0.15) is 0 Å². The Morgan fingerprint density at radius 3 is 1.20 bits per heavy atom. The van der Waals surface area contributed by atoms with Gasteiger partial charge in [0.25, 0.3) is 0 Å². The Hall–Kier alpha value is 2.40. The monoisotopic (exact) mass is 321 g/mol. The minimum atomic E-state index is 0. The van der Waals surface area contributed by atoms with Crippen LogP contribution in [0.3, 0.4) is 0 Å². The van der Waals surface area contributed by atoms with Crippen LogP contribution in [0.4, 0.5) is 0 Å². The molecule has 0 aromatic carbocycles. The van der Waals surface area contributed by atoms with Crippen molar-refractivity contribution in [2.24, 2.45) is 0 Å². The van der Waals surface area contributed by atoms with Gasteiger partial charge in [-0.1, -0.05) is 0 Å². The van der Waals surface area contributed by atoms with Gasteiger partial charge in [-0.15, -0.1) is 0 Å². The van der Waals surface area contributed by atoms with Crippen LogP contribution in [-0.2, 0) is 36.5 Å². The molecule has 5 heavy (non-hydrogen) atoms. The summed E-state index contributed by atoms with van der Waals surface area (Å²) in [6, 6.07) is 0. The molecule has 5 heteroatoms. The smallest absolute Gasteiger partial charge is 0 e. The number of rotatable bonds is 0. The normalized spacial score (nSPS) is 0.800. The Labute approximate surface area is 77.6 Å². The molecule has 0 aromatic rings. The van der Waals surface area contributed by atoms with E-state index in [-0.39, 0.29) is 53.6 Å². The van der Waals surface area contributed by atoms with Gasteiger partial charge in [-0.3, -0.25) is 0 Å². The van der Waals surface area contributed by atoms with Crippen LogP contribution in [0.15, 0.2) is 0 Å². The molecule has 0 rings (SSSR count). The Balaban J connectivity index is -0.00000000167. The largest absolute Gasteiger partial charge is 0 e. The van der Waals surface area contributed by atoms with Gasteiger partial charge in [-0.25, -0.2) is 0 Å². The molecule has 0 aliphatic carbocycles. The van der Waals surface area contributed by atoms with Crippen molar-refractivity contribution in [1.29, 1.82) is 0 Å². The van der Waals surface area contributed by atoms with E-state index in [0.717, 1.165) is 0 Å². The molecular formula is H2CuSSe2Zn. The minimum Gasteiger partial charge on any atom is 0 e. The molecule has 0 fully saturated rings. The topological polar surface area (TPSA) is 0 Å². The SMILES string of the molecule is S=[Se].[Cu].[SeH2].[Zn]. The summed E-state index contributed by atoms with van der Waals surface area (Å²) < 4.78 is 0. The van der Waals surface area contributed by atoms with Crippen LogP contribution in [0.25, 0.3) is 0 Å². The molecule has 0 saturated carbocycles. The summed E-state index contributed by atoms with van der Waals surface area (Å²) in [5.74, 6) is 0. The molecular weight excluding hydrogens is 319 g/mol.